The summed E-state index contributed by atoms with van der Waals surface area (Å²) in [7, 11) is 0. The molecule has 2 nitrogen and oxygen atoms in total. The minimum Gasteiger partial charge on any atom is -0.457 e. The van der Waals surface area contributed by atoms with Gasteiger partial charge in [-0.25, -0.2) is 0 Å². The molecule has 3 heteroatoms. The molecule has 0 aromatic heterocycles. The number of allylic oxidation sites excluding steroid dienone is 1. The van der Waals surface area contributed by atoms with E-state index in [2.05, 4.69) is 15.9 Å². The Kier molecular flexibility index (Phi) is 4.53. The predicted octanol–water partition coefficient (Wildman–Crippen LogP) is 4.46. The van der Waals surface area contributed by atoms with Crippen molar-refractivity contribution in [2.45, 2.75) is 6.92 Å². The topological polar surface area (TPSA) is 26.3 Å². The maximum Gasteiger partial charge on any atom is 0.156 e. The van der Waals surface area contributed by atoms with E-state index in [1.807, 2.05) is 54.6 Å². The maximum atomic E-state index is 11.3. The molecule has 0 unspecified atom stereocenters. The van der Waals surface area contributed by atoms with Gasteiger partial charge in [0.1, 0.15) is 11.5 Å². The van der Waals surface area contributed by atoms with Crippen LogP contribution in [0.1, 0.15) is 12.5 Å². The molecule has 0 fully saturated rings. The van der Waals surface area contributed by atoms with Crippen LogP contribution in [0.25, 0.3) is 5.76 Å². The van der Waals surface area contributed by atoms with Gasteiger partial charge >= 0.3 is 0 Å². The van der Waals surface area contributed by atoms with Gasteiger partial charge in [0.25, 0.3) is 0 Å². The fraction of sp³-hybridized carbons (Fsp3) is 0.0625. The number of hydrogen-bond acceptors (Lipinski definition) is 2. The van der Waals surface area contributed by atoms with Crippen LogP contribution in [0.4, 0.5) is 0 Å². The van der Waals surface area contributed by atoms with Crippen LogP contribution < -0.4 is 4.74 Å². The molecule has 0 bridgehead atoms. The molecule has 0 saturated carbocycles. The van der Waals surface area contributed by atoms with Crippen molar-refractivity contribution in [1.82, 2.24) is 0 Å². The first-order valence-electron chi connectivity index (χ1n) is 5.86. The molecule has 0 aliphatic carbocycles. The van der Waals surface area contributed by atoms with Gasteiger partial charge in [-0.3, -0.25) is 4.79 Å². The molecule has 0 N–H and O–H groups in total. The molecular formula is C16H13BrO2. The molecule has 0 saturated heterocycles. The minimum atomic E-state index is -0.0454. The van der Waals surface area contributed by atoms with E-state index in [0.717, 1.165) is 10.0 Å². The molecule has 0 radical (unpaired) electrons. The van der Waals surface area contributed by atoms with Crippen molar-refractivity contribution >= 4 is 27.5 Å². The van der Waals surface area contributed by atoms with Crippen LogP contribution in [0, 0.1) is 0 Å². The largest absolute Gasteiger partial charge is 0.457 e. The Balaban J connectivity index is 2.30. The van der Waals surface area contributed by atoms with E-state index in [1.54, 1.807) is 0 Å². The number of rotatable bonds is 4. The van der Waals surface area contributed by atoms with Crippen molar-refractivity contribution in [3.8, 4) is 5.75 Å². The van der Waals surface area contributed by atoms with Gasteiger partial charge in [-0.1, -0.05) is 46.3 Å². The average molecular weight is 317 g/mol. The minimum absolute atomic E-state index is 0.0454. The number of carbonyl (C=O) groups is 1. The molecule has 2 aromatic carbocycles. The fourth-order valence-electron chi connectivity index (χ4n) is 1.59. The van der Waals surface area contributed by atoms with E-state index < -0.39 is 0 Å². The molecule has 0 heterocycles. The highest BCUT2D eigenvalue weighted by atomic mass is 79.9. The zero-order valence-corrected chi connectivity index (χ0v) is 12.1. The third-order valence-electron chi connectivity index (χ3n) is 2.43. The molecule has 19 heavy (non-hydrogen) atoms. The summed E-state index contributed by atoms with van der Waals surface area (Å²) >= 11 is 3.37. The first kappa shape index (κ1) is 13.6. The maximum absolute atomic E-state index is 11.3. The molecule has 0 amide bonds. The lowest BCUT2D eigenvalue weighted by atomic mass is 10.1. The van der Waals surface area contributed by atoms with Gasteiger partial charge < -0.3 is 4.74 Å². The lowest BCUT2D eigenvalue weighted by Gasteiger charge is -2.10. The van der Waals surface area contributed by atoms with E-state index in [-0.39, 0.29) is 5.78 Å². The molecule has 0 spiro atoms. The SMILES string of the molecule is CC(=O)/C=C(/Oc1ccc(Br)cc1)c1ccccc1. The normalized spacial score (nSPS) is 11.2. The van der Waals surface area contributed by atoms with Crippen molar-refractivity contribution in [3.63, 3.8) is 0 Å². The monoisotopic (exact) mass is 316 g/mol. The Morgan fingerprint density at radius 3 is 2.26 bits per heavy atom. The number of ether oxygens (including phenoxy) is 1. The van der Waals surface area contributed by atoms with Gasteiger partial charge in [0.2, 0.25) is 0 Å². The van der Waals surface area contributed by atoms with Gasteiger partial charge in [-0.05, 0) is 31.2 Å². The summed E-state index contributed by atoms with van der Waals surface area (Å²) in [6, 6.07) is 17.1. The van der Waals surface area contributed by atoms with Crippen LogP contribution in [-0.4, -0.2) is 5.78 Å². The highest BCUT2D eigenvalue weighted by Gasteiger charge is 2.05. The van der Waals surface area contributed by atoms with Crippen molar-refractivity contribution in [2.24, 2.45) is 0 Å². The van der Waals surface area contributed by atoms with Crippen LogP contribution in [-0.2, 0) is 4.79 Å². The van der Waals surface area contributed by atoms with Crippen LogP contribution >= 0.6 is 15.9 Å². The lowest BCUT2D eigenvalue weighted by molar-refractivity contribution is -0.112. The van der Waals surface area contributed by atoms with Gasteiger partial charge in [0.05, 0.1) is 0 Å². The molecule has 0 atom stereocenters. The summed E-state index contributed by atoms with van der Waals surface area (Å²) in [5.74, 6) is 1.20. The Labute approximate surface area is 120 Å². The second kappa shape index (κ2) is 6.34. The highest BCUT2D eigenvalue weighted by Crippen LogP contribution is 2.22. The van der Waals surface area contributed by atoms with Gasteiger partial charge in [0, 0.05) is 16.1 Å². The highest BCUT2D eigenvalue weighted by molar-refractivity contribution is 9.10. The smallest absolute Gasteiger partial charge is 0.156 e. The van der Waals surface area contributed by atoms with Crippen molar-refractivity contribution in [2.75, 3.05) is 0 Å². The summed E-state index contributed by atoms with van der Waals surface area (Å²) in [6.45, 7) is 1.51. The van der Waals surface area contributed by atoms with Crippen LogP contribution in [0.2, 0.25) is 0 Å². The third-order valence-corrected chi connectivity index (χ3v) is 2.96. The molecular weight excluding hydrogens is 304 g/mol. The first-order valence-corrected chi connectivity index (χ1v) is 6.65. The predicted molar refractivity (Wildman–Crippen MR) is 79.9 cm³/mol. The van der Waals surface area contributed by atoms with Crippen molar-refractivity contribution < 1.29 is 9.53 Å². The fourth-order valence-corrected chi connectivity index (χ4v) is 1.85. The summed E-state index contributed by atoms with van der Waals surface area (Å²) in [6.07, 6.45) is 1.50. The summed E-state index contributed by atoms with van der Waals surface area (Å²) in [4.78, 5) is 11.3. The van der Waals surface area contributed by atoms with Crippen LogP contribution in [0.15, 0.2) is 65.1 Å². The van der Waals surface area contributed by atoms with Crippen molar-refractivity contribution in [3.05, 3.63) is 70.7 Å². The van der Waals surface area contributed by atoms with E-state index in [0.29, 0.717) is 11.5 Å². The molecule has 96 valence electrons. The number of ketones is 1. The van der Waals surface area contributed by atoms with Gasteiger partial charge in [0.15, 0.2) is 5.78 Å². The van der Waals surface area contributed by atoms with E-state index in [9.17, 15) is 4.79 Å². The molecule has 2 aromatic rings. The Bertz CT molecular complexity index is 586. The van der Waals surface area contributed by atoms with Crippen LogP contribution in [0.3, 0.4) is 0 Å². The quantitative estimate of drug-likeness (QED) is 0.615. The first-order chi connectivity index (χ1) is 9.15. The van der Waals surface area contributed by atoms with Crippen molar-refractivity contribution in [1.29, 1.82) is 0 Å². The molecule has 2 rings (SSSR count). The summed E-state index contributed by atoms with van der Waals surface area (Å²) in [5, 5.41) is 0. The lowest BCUT2D eigenvalue weighted by Crippen LogP contribution is -1.98. The second-order valence-electron chi connectivity index (χ2n) is 4.04. The number of halogens is 1. The van der Waals surface area contributed by atoms with Gasteiger partial charge in [-0.15, -0.1) is 0 Å². The summed E-state index contributed by atoms with van der Waals surface area (Å²) in [5.41, 5.74) is 0.876. The zero-order chi connectivity index (χ0) is 13.7. The zero-order valence-electron chi connectivity index (χ0n) is 10.5. The van der Waals surface area contributed by atoms with Gasteiger partial charge in [-0.2, -0.15) is 0 Å². The average Bonchev–Trinajstić information content (AvgIpc) is 2.41. The standard InChI is InChI=1S/C16H13BrO2/c1-12(18)11-16(13-5-3-2-4-6-13)19-15-9-7-14(17)8-10-15/h2-11H,1H3/b16-11+. The van der Waals surface area contributed by atoms with E-state index >= 15 is 0 Å². The van der Waals surface area contributed by atoms with Crippen LogP contribution in [0.5, 0.6) is 5.75 Å². The second-order valence-corrected chi connectivity index (χ2v) is 4.96. The van der Waals surface area contributed by atoms with E-state index in [4.69, 9.17) is 4.74 Å². The molecule has 0 aliphatic heterocycles. The Morgan fingerprint density at radius 1 is 1.05 bits per heavy atom. The molecule has 0 aliphatic rings. The Hall–Kier alpha value is -1.87. The number of carbonyl (C=O) groups excluding carboxylic acids is 1. The van der Waals surface area contributed by atoms with E-state index in [1.165, 1.54) is 13.0 Å². The third kappa shape index (κ3) is 4.07. The number of hydrogen-bond donors (Lipinski definition) is 0. The summed E-state index contributed by atoms with van der Waals surface area (Å²) < 4.78 is 6.77. The Morgan fingerprint density at radius 2 is 1.68 bits per heavy atom. The number of benzene rings is 2.